The normalized spacial score (nSPS) is 11.9. The van der Waals surface area contributed by atoms with Crippen LogP contribution in [-0.2, 0) is 11.2 Å². The predicted octanol–water partition coefficient (Wildman–Crippen LogP) is 3.46. The molecule has 0 aromatic heterocycles. The SMILES string of the molecule is C=C(OCC)/C(C)=C(\N)N(NC)c1cc(CCC)ccc1F. The van der Waals surface area contributed by atoms with Crippen molar-refractivity contribution in [1.82, 2.24) is 5.43 Å². The Morgan fingerprint density at radius 3 is 2.64 bits per heavy atom. The van der Waals surface area contributed by atoms with E-state index in [2.05, 4.69) is 18.9 Å². The van der Waals surface area contributed by atoms with Gasteiger partial charge in [0.1, 0.15) is 17.4 Å². The lowest BCUT2D eigenvalue weighted by molar-refractivity contribution is 0.238. The Bertz CT molecular complexity index is 555. The average Bonchev–Trinajstić information content (AvgIpc) is 2.50. The van der Waals surface area contributed by atoms with Crippen molar-refractivity contribution in [2.45, 2.75) is 33.6 Å². The zero-order valence-electron chi connectivity index (χ0n) is 13.9. The zero-order valence-corrected chi connectivity index (χ0v) is 13.9. The molecule has 1 aromatic carbocycles. The first-order valence-corrected chi connectivity index (χ1v) is 7.50. The molecule has 0 fully saturated rings. The van der Waals surface area contributed by atoms with E-state index in [1.807, 2.05) is 6.92 Å². The van der Waals surface area contributed by atoms with Crippen LogP contribution in [-0.4, -0.2) is 13.7 Å². The van der Waals surface area contributed by atoms with E-state index in [-0.39, 0.29) is 5.82 Å². The molecule has 0 heterocycles. The summed E-state index contributed by atoms with van der Waals surface area (Å²) in [6.45, 7) is 10.1. The second kappa shape index (κ2) is 8.44. The first kappa shape index (κ1) is 18.0. The number of halogens is 1. The molecular weight excluding hydrogens is 281 g/mol. The number of hydrogen-bond donors (Lipinski definition) is 2. The smallest absolute Gasteiger partial charge is 0.148 e. The third-order valence-electron chi connectivity index (χ3n) is 3.38. The van der Waals surface area contributed by atoms with Crippen LogP contribution >= 0.6 is 0 Å². The minimum atomic E-state index is -0.341. The van der Waals surface area contributed by atoms with E-state index < -0.39 is 0 Å². The van der Waals surface area contributed by atoms with Crippen molar-refractivity contribution in [3.63, 3.8) is 0 Å². The number of allylic oxidation sites excluding steroid dienone is 1. The number of anilines is 1. The standard InChI is InChI=1S/C17H26FN3O/c1-6-8-14-9-10-15(18)16(11-14)21(20-5)17(19)12(3)13(4)22-7-2/h9-11,20H,4,6-8,19H2,1-3,5H3/b17-12+. The Morgan fingerprint density at radius 1 is 1.41 bits per heavy atom. The fraction of sp³-hybridized carbons (Fsp3) is 0.412. The Labute approximate surface area is 132 Å². The predicted molar refractivity (Wildman–Crippen MR) is 89.6 cm³/mol. The third-order valence-corrected chi connectivity index (χ3v) is 3.38. The fourth-order valence-electron chi connectivity index (χ4n) is 2.14. The van der Waals surface area contributed by atoms with E-state index in [9.17, 15) is 4.39 Å². The van der Waals surface area contributed by atoms with Gasteiger partial charge >= 0.3 is 0 Å². The molecule has 0 aliphatic carbocycles. The van der Waals surface area contributed by atoms with Crippen molar-refractivity contribution in [3.05, 3.63) is 53.3 Å². The van der Waals surface area contributed by atoms with Crippen LogP contribution in [0.4, 0.5) is 10.1 Å². The number of aryl methyl sites for hydroxylation is 1. The van der Waals surface area contributed by atoms with Gasteiger partial charge in [-0.1, -0.05) is 26.0 Å². The number of nitrogens with one attached hydrogen (secondary N) is 1. The lowest BCUT2D eigenvalue weighted by Crippen LogP contribution is -2.39. The van der Waals surface area contributed by atoms with Crippen LogP contribution in [0.1, 0.15) is 32.8 Å². The quantitative estimate of drug-likeness (QED) is 0.439. The van der Waals surface area contributed by atoms with Gasteiger partial charge in [0.25, 0.3) is 0 Å². The van der Waals surface area contributed by atoms with E-state index in [1.165, 1.54) is 11.1 Å². The molecule has 0 radical (unpaired) electrons. The number of hydrogen-bond acceptors (Lipinski definition) is 4. The summed E-state index contributed by atoms with van der Waals surface area (Å²) in [6, 6.07) is 5.06. The molecule has 0 aliphatic heterocycles. The molecule has 22 heavy (non-hydrogen) atoms. The molecule has 0 aliphatic rings. The Kier molecular flexibility index (Phi) is 6.92. The summed E-state index contributed by atoms with van der Waals surface area (Å²) < 4.78 is 19.6. The van der Waals surface area contributed by atoms with Gasteiger partial charge in [0.05, 0.1) is 12.3 Å². The van der Waals surface area contributed by atoms with Crippen molar-refractivity contribution >= 4 is 5.69 Å². The summed E-state index contributed by atoms with van der Waals surface area (Å²) in [7, 11) is 1.69. The highest BCUT2D eigenvalue weighted by atomic mass is 19.1. The lowest BCUT2D eigenvalue weighted by Gasteiger charge is -2.26. The molecule has 5 heteroatoms. The minimum absolute atomic E-state index is 0.341. The third kappa shape index (κ3) is 4.24. The topological polar surface area (TPSA) is 50.5 Å². The summed E-state index contributed by atoms with van der Waals surface area (Å²) in [5, 5.41) is 1.51. The van der Waals surface area contributed by atoms with Gasteiger partial charge in [-0.25, -0.2) is 9.82 Å². The summed E-state index contributed by atoms with van der Waals surface area (Å²) in [5.41, 5.74) is 11.2. The number of nitrogens with zero attached hydrogens (tertiary/aromatic N) is 1. The van der Waals surface area contributed by atoms with Gasteiger partial charge in [0.15, 0.2) is 0 Å². The monoisotopic (exact) mass is 307 g/mol. The molecule has 122 valence electrons. The second-order valence-corrected chi connectivity index (χ2v) is 4.96. The first-order chi connectivity index (χ1) is 10.5. The maximum absolute atomic E-state index is 14.2. The van der Waals surface area contributed by atoms with Crippen LogP contribution in [0.2, 0.25) is 0 Å². The van der Waals surface area contributed by atoms with Crippen molar-refractivity contribution in [2.24, 2.45) is 5.73 Å². The number of hydrazine groups is 1. The van der Waals surface area contributed by atoms with E-state index in [0.29, 0.717) is 29.4 Å². The van der Waals surface area contributed by atoms with Crippen LogP contribution in [0.5, 0.6) is 0 Å². The number of rotatable bonds is 8. The van der Waals surface area contributed by atoms with Crippen molar-refractivity contribution in [2.75, 3.05) is 18.7 Å². The maximum atomic E-state index is 14.2. The van der Waals surface area contributed by atoms with Gasteiger partial charge in [0, 0.05) is 12.6 Å². The summed E-state index contributed by atoms with van der Waals surface area (Å²) in [4.78, 5) is 0. The molecule has 0 amide bonds. The van der Waals surface area contributed by atoms with Gasteiger partial charge in [-0.2, -0.15) is 0 Å². The summed E-state index contributed by atoms with van der Waals surface area (Å²) >= 11 is 0. The Hall–Kier alpha value is -2.01. The molecule has 1 aromatic rings. The molecule has 1 rings (SSSR count). The van der Waals surface area contributed by atoms with Gasteiger partial charge in [-0.05, 0) is 38.0 Å². The molecule has 4 nitrogen and oxygen atoms in total. The minimum Gasteiger partial charge on any atom is -0.494 e. The van der Waals surface area contributed by atoms with Crippen molar-refractivity contribution in [3.8, 4) is 0 Å². The fourth-order valence-corrected chi connectivity index (χ4v) is 2.14. The number of benzene rings is 1. The summed E-state index contributed by atoms with van der Waals surface area (Å²) in [5.74, 6) is 0.492. The molecule has 0 saturated carbocycles. The van der Waals surface area contributed by atoms with Crippen LogP contribution in [0, 0.1) is 5.82 Å². The van der Waals surface area contributed by atoms with Crippen molar-refractivity contribution < 1.29 is 9.13 Å². The van der Waals surface area contributed by atoms with E-state index >= 15 is 0 Å². The van der Waals surface area contributed by atoms with E-state index in [0.717, 1.165) is 18.4 Å². The number of nitrogens with two attached hydrogens (primary N) is 1. The molecule has 0 unspecified atom stereocenters. The van der Waals surface area contributed by atoms with Gasteiger partial charge < -0.3 is 10.5 Å². The zero-order chi connectivity index (χ0) is 16.7. The second-order valence-electron chi connectivity index (χ2n) is 4.96. The average molecular weight is 307 g/mol. The molecule has 3 N–H and O–H groups in total. The first-order valence-electron chi connectivity index (χ1n) is 7.50. The highest BCUT2D eigenvalue weighted by Crippen LogP contribution is 2.24. The molecule has 0 saturated heterocycles. The van der Waals surface area contributed by atoms with E-state index in [4.69, 9.17) is 10.5 Å². The van der Waals surface area contributed by atoms with Crippen LogP contribution < -0.4 is 16.2 Å². The van der Waals surface area contributed by atoms with Crippen LogP contribution in [0.15, 0.2) is 41.9 Å². The molecule has 0 spiro atoms. The van der Waals surface area contributed by atoms with Gasteiger partial charge in [-0.3, -0.25) is 5.01 Å². The van der Waals surface area contributed by atoms with Crippen molar-refractivity contribution in [1.29, 1.82) is 0 Å². The van der Waals surface area contributed by atoms with Crippen LogP contribution in [0.3, 0.4) is 0 Å². The highest BCUT2D eigenvalue weighted by Gasteiger charge is 2.16. The Morgan fingerprint density at radius 2 is 2.09 bits per heavy atom. The van der Waals surface area contributed by atoms with Crippen LogP contribution in [0.25, 0.3) is 0 Å². The molecule has 0 atom stereocenters. The summed E-state index contributed by atoms with van der Waals surface area (Å²) in [6.07, 6.45) is 1.88. The highest BCUT2D eigenvalue weighted by molar-refractivity contribution is 5.54. The maximum Gasteiger partial charge on any atom is 0.148 e. The van der Waals surface area contributed by atoms with E-state index in [1.54, 1.807) is 26.1 Å². The Balaban J connectivity index is 3.22. The molecular formula is C17H26FN3O. The lowest BCUT2D eigenvalue weighted by atomic mass is 10.1. The largest absolute Gasteiger partial charge is 0.494 e. The van der Waals surface area contributed by atoms with Gasteiger partial charge in [0.2, 0.25) is 0 Å². The number of ether oxygens (including phenoxy) is 1. The van der Waals surface area contributed by atoms with Gasteiger partial charge in [-0.15, -0.1) is 0 Å². The molecule has 0 bridgehead atoms.